The molecule has 4 rings (SSSR count). The molecule has 32 heavy (non-hydrogen) atoms. The first kappa shape index (κ1) is 23.7. The van der Waals surface area contributed by atoms with Crippen LogP contribution < -0.4 is 5.32 Å². The van der Waals surface area contributed by atoms with E-state index in [1.165, 1.54) is 48.9 Å². The summed E-state index contributed by atoms with van der Waals surface area (Å²) in [5.41, 5.74) is 0.397. The number of carbonyl (C=O) groups is 1. The third kappa shape index (κ3) is 5.53. The lowest BCUT2D eigenvalue weighted by Gasteiger charge is -2.34. The topological polar surface area (TPSA) is 79.0 Å². The highest BCUT2D eigenvalue weighted by molar-refractivity contribution is 7.89. The molecule has 2 saturated heterocycles. The number of nitrogens with one attached hydrogen (secondary N) is 1. The van der Waals surface area contributed by atoms with Gasteiger partial charge in [0, 0.05) is 43.8 Å². The van der Waals surface area contributed by atoms with Gasteiger partial charge in [-0.25, -0.2) is 8.42 Å². The molecule has 1 aliphatic carbocycles. The predicted molar refractivity (Wildman–Crippen MR) is 124 cm³/mol. The van der Waals surface area contributed by atoms with Crippen molar-refractivity contribution in [3.63, 3.8) is 0 Å². The molecule has 1 N–H and O–H groups in total. The van der Waals surface area contributed by atoms with E-state index in [0.29, 0.717) is 24.7 Å². The van der Waals surface area contributed by atoms with Crippen LogP contribution in [0.2, 0.25) is 0 Å². The Morgan fingerprint density at radius 1 is 1.00 bits per heavy atom. The van der Waals surface area contributed by atoms with Gasteiger partial charge in [-0.1, -0.05) is 31.7 Å². The van der Waals surface area contributed by atoms with Gasteiger partial charge in [0.25, 0.3) is 5.91 Å². The molecule has 3 unspecified atom stereocenters. The maximum absolute atomic E-state index is 13.2. The minimum atomic E-state index is -3.67. The van der Waals surface area contributed by atoms with E-state index in [4.69, 9.17) is 4.74 Å². The number of sulfonamides is 1. The fourth-order valence-electron chi connectivity index (χ4n) is 5.40. The smallest absolute Gasteiger partial charge is 0.251 e. The Morgan fingerprint density at radius 3 is 2.38 bits per heavy atom. The van der Waals surface area contributed by atoms with Crippen molar-refractivity contribution in [1.82, 2.24) is 14.5 Å². The van der Waals surface area contributed by atoms with Crippen LogP contribution in [0.25, 0.3) is 0 Å². The highest BCUT2D eigenvalue weighted by Crippen LogP contribution is 2.26. The molecule has 7 nitrogen and oxygen atoms in total. The maximum Gasteiger partial charge on any atom is 0.251 e. The number of benzene rings is 1. The summed E-state index contributed by atoms with van der Waals surface area (Å²) in [5.74, 6) is -0.196. The van der Waals surface area contributed by atoms with Gasteiger partial charge in [-0.15, -0.1) is 0 Å². The summed E-state index contributed by atoms with van der Waals surface area (Å²) in [5, 5.41) is 3.14. The minimum absolute atomic E-state index is 0.118. The molecule has 1 aromatic rings. The number of ether oxygens (including phenoxy) is 1. The van der Waals surface area contributed by atoms with Crippen molar-refractivity contribution in [2.75, 3.05) is 26.2 Å². The summed E-state index contributed by atoms with van der Waals surface area (Å²) >= 11 is 0. The molecular formula is C24H37N3O4S. The highest BCUT2D eigenvalue weighted by atomic mass is 32.2. The van der Waals surface area contributed by atoms with Crippen molar-refractivity contribution in [1.29, 1.82) is 0 Å². The third-order valence-electron chi connectivity index (χ3n) is 7.02. The van der Waals surface area contributed by atoms with Gasteiger partial charge in [0.1, 0.15) is 0 Å². The second-order valence-electron chi connectivity index (χ2n) is 9.71. The summed E-state index contributed by atoms with van der Waals surface area (Å²) in [6.45, 7) is 6.31. The lowest BCUT2D eigenvalue weighted by molar-refractivity contribution is -0.0440. The third-order valence-corrected chi connectivity index (χ3v) is 8.84. The summed E-state index contributed by atoms with van der Waals surface area (Å²) in [6.07, 6.45) is 8.46. The van der Waals surface area contributed by atoms with E-state index in [1.54, 1.807) is 18.2 Å². The van der Waals surface area contributed by atoms with Crippen LogP contribution in [0.3, 0.4) is 0 Å². The molecule has 178 valence electrons. The number of rotatable bonds is 5. The number of amides is 1. The standard InChI is InChI=1S/C24H37N3O4S/c1-18-15-27(16-19(2)31-18)32(29,30)23-11-7-8-20(14-23)24(28)25-21-12-13-26(17-21)22-9-5-3-4-6-10-22/h7-8,11,14,18-19,21-22H,3-6,9-10,12-13,15-17H2,1-2H3,(H,25,28). The zero-order valence-electron chi connectivity index (χ0n) is 19.3. The first-order chi connectivity index (χ1) is 15.3. The second kappa shape index (κ2) is 10.2. The van der Waals surface area contributed by atoms with Crippen LogP contribution in [-0.4, -0.2) is 74.0 Å². The van der Waals surface area contributed by atoms with Crippen molar-refractivity contribution < 1.29 is 17.9 Å². The average Bonchev–Trinajstić information content (AvgIpc) is 3.05. The van der Waals surface area contributed by atoms with E-state index in [-0.39, 0.29) is 29.1 Å². The molecule has 3 aliphatic rings. The average molecular weight is 464 g/mol. The fraction of sp³-hybridized carbons (Fsp3) is 0.708. The van der Waals surface area contributed by atoms with Crippen LogP contribution in [0.5, 0.6) is 0 Å². The second-order valence-corrected chi connectivity index (χ2v) is 11.6. The van der Waals surface area contributed by atoms with E-state index < -0.39 is 10.0 Å². The summed E-state index contributed by atoms with van der Waals surface area (Å²) in [7, 11) is -3.67. The fourth-order valence-corrected chi connectivity index (χ4v) is 7.04. The van der Waals surface area contributed by atoms with Crippen LogP contribution >= 0.6 is 0 Å². The van der Waals surface area contributed by atoms with E-state index in [1.807, 2.05) is 13.8 Å². The lowest BCUT2D eigenvalue weighted by Crippen LogP contribution is -2.48. The van der Waals surface area contributed by atoms with Gasteiger partial charge >= 0.3 is 0 Å². The largest absolute Gasteiger partial charge is 0.373 e. The Bertz CT molecular complexity index is 888. The number of morpholine rings is 1. The molecule has 3 atom stereocenters. The van der Waals surface area contributed by atoms with Gasteiger partial charge in [0.15, 0.2) is 0 Å². The number of hydrogen-bond donors (Lipinski definition) is 1. The SMILES string of the molecule is CC1CN(S(=O)(=O)c2cccc(C(=O)NC3CCN(C4CCCCCC4)C3)c2)CC(C)O1. The highest BCUT2D eigenvalue weighted by Gasteiger charge is 2.33. The van der Waals surface area contributed by atoms with Crippen molar-refractivity contribution in [3.05, 3.63) is 29.8 Å². The van der Waals surface area contributed by atoms with Gasteiger partial charge in [0.2, 0.25) is 10.0 Å². The zero-order valence-corrected chi connectivity index (χ0v) is 20.1. The summed E-state index contributed by atoms with van der Waals surface area (Å²) in [6, 6.07) is 7.19. The quantitative estimate of drug-likeness (QED) is 0.679. The van der Waals surface area contributed by atoms with E-state index in [2.05, 4.69) is 10.2 Å². The normalized spacial score (nSPS) is 29.0. The van der Waals surface area contributed by atoms with Crippen molar-refractivity contribution in [2.24, 2.45) is 0 Å². The Morgan fingerprint density at radius 2 is 1.69 bits per heavy atom. The van der Waals surface area contributed by atoms with Crippen molar-refractivity contribution in [3.8, 4) is 0 Å². The summed E-state index contributed by atoms with van der Waals surface area (Å²) in [4.78, 5) is 15.6. The molecule has 1 amide bonds. The Labute approximate surface area is 192 Å². The van der Waals surface area contributed by atoms with Crippen molar-refractivity contribution in [2.45, 2.75) is 88.0 Å². The molecule has 0 spiro atoms. The molecule has 1 saturated carbocycles. The number of likely N-dealkylation sites (tertiary alicyclic amines) is 1. The first-order valence-corrected chi connectivity index (χ1v) is 13.6. The van der Waals surface area contributed by atoms with Crippen LogP contribution in [-0.2, 0) is 14.8 Å². The molecular weight excluding hydrogens is 426 g/mol. The van der Waals surface area contributed by atoms with Gasteiger partial charge in [-0.3, -0.25) is 9.69 Å². The van der Waals surface area contributed by atoms with Gasteiger partial charge in [0.05, 0.1) is 17.1 Å². The Balaban J connectivity index is 1.39. The maximum atomic E-state index is 13.2. The number of hydrogen-bond acceptors (Lipinski definition) is 5. The molecule has 2 aliphatic heterocycles. The van der Waals surface area contributed by atoms with Crippen LogP contribution in [0, 0.1) is 0 Å². The summed E-state index contributed by atoms with van der Waals surface area (Å²) < 4.78 is 33.5. The van der Waals surface area contributed by atoms with Crippen molar-refractivity contribution >= 4 is 15.9 Å². The van der Waals surface area contributed by atoms with Gasteiger partial charge < -0.3 is 10.1 Å². The molecule has 1 aromatic carbocycles. The molecule has 2 heterocycles. The Hall–Kier alpha value is -1.48. The predicted octanol–water partition coefficient (Wildman–Crippen LogP) is 3.01. The van der Waals surface area contributed by atoms with Crippen LogP contribution in [0.15, 0.2) is 29.2 Å². The van der Waals surface area contributed by atoms with Gasteiger partial charge in [-0.05, 0) is 51.3 Å². The van der Waals surface area contributed by atoms with Crippen LogP contribution in [0.4, 0.5) is 0 Å². The molecule has 3 fully saturated rings. The van der Waals surface area contributed by atoms with E-state index in [9.17, 15) is 13.2 Å². The van der Waals surface area contributed by atoms with Gasteiger partial charge in [-0.2, -0.15) is 4.31 Å². The minimum Gasteiger partial charge on any atom is -0.373 e. The lowest BCUT2D eigenvalue weighted by atomic mass is 10.1. The first-order valence-electron chi connectivity index (χ1n) is 12.1. The monoisotopic (exact) mass is 463 g/mol. The van der Waals surface area contributed by atoms with Crippen LogP contribution in [0.1, 0.15) is 69.2 Å². The molecule has 0 aromatic heterocycles. The Kier molecular flexibility index (Phi) is 7.54. The zero-order chi connectivity index (χ0) is 22.7. The number of carbonyl (C=O) groups excluding carboxylic acids is 1. The molecule has 8 heteroatoms. The van der Waals surface area contributed by atoms with E-state index in [0.717, 1.165) is 19.5 Å². The number of nitrogens with zero attached hydrogens (tertiary/aromatic N) is 2. The molecule has 0 bridgehead atoms. The molecule has 0 radical (unpaired) electrons. The van der Waals surface area contributed by atoms with E-state index >= 15 is 0 Å².